The van der Waals surface area contributed by atoms with Crippen molar-refractivity contribution in [2.24, 2.45) is 0 Å². The maximum atomic E-state index is 2.20. The Bertz CT molecular complexity index is 500. The van der Waals surface area contributed by atoms with Crippen molar-refractivity contribution in [3.63, 3.8) is 0 Å². The van der Waals surface area contributed by atoms with E-state index in [1.54, 1.807) is 0 Å². The number of allylic oxidation sites excluding steroid dienone is 2. The van der Waals surface area contributed by atoms with Crippen molar-refractivity contribution in [2.75, 3.05) is 0 Å². The lowest BCUT2D eigenvalue weighted by atomic mass is 9.96. The molecule has 0 aliphatic carbocycles. The Hall–Kier alpha value is -1.82. The molecule has 0 saturated heterocycles. The highest BCUT2D eigenvalue weighted by molar-refractivity contribution is 5.88. The van der Waals surface area contributed by atoms with E-state index in [4.69, 9.17) is 0 Å². The van der Waals surface area contributed by atoms with Gasteiger partial charge in [0.25, 0.3) is 0 Å². The van der Waals surface area contributed by atoms with E-state index in [0.29, 0.717) is 0 Å². The summed E-state index contributed by atoms with van der Waals surface area (Å²) >= 11 is 0. The van der Waals surface area contributed by atoms with Gasteiger partial charge in [-0.05, 0) is 50.0 Å². The predicted octanol–water partition coefficient (Wildman–Crippen LogP) is 5.25. The molecule has 92 valence electrons. The fourth-order valence-electron chi connectivity index (χ4n) is 2.04. The van der Waals surface area contributed by atoms with Gasteiger partial charge in [0.2, 0.25) is 0 Å². The Labute approximate surface area is 110 Å². The van der Waals surface area contributed by atoms with Crippen LogP contribution in [-0.2, 0) is 0 Å². The van der Waals surface area contributed by atoms with Crippen LogP contribution in [0.2, 0.25) is 0 Å². The second-order valence-corrected chi connectivity index (χ2v) is 4.98. The average molecular weight is 236 g/mol. The molecule has 0 radical (unpaired) electrons. The number of benzene rings is 2. The summed E-state index contributed by atoms with van der Waals surface area (Å²) < 4.78 is 0. The molecule has 0 aromatic heterocycles. The molecule has 0 fully saturated rings. The minimum absolute atomic E-state index is 1.30. The molecule has 0 saturated carbocycles. The molecular formula is C18H20. The van der Waals surface area contributed by atoms with Gasteiger partial charge in [0.1, 0.15) is 0 Å². The molecule has 0 bridgehead atoms. The summed E-state index contributed by atoms with van der Waals surface area (Å²) in [7, 11) is 0. The number of rotatable bonds is 2. The van der Waals surface area contributed by atoms with Crippen molar-refractivity contribution in [1.82, 2.24) is 0 Å². The summed E-state index contributed by atoms with van der Waals surface area (Å²) in [5, 5.41) is 0. The third-order valence-electron chi connectivity index (χ3n) is 3.53. The smallest absolute Gasteiger partial charge is 0.0224 e. The zero-order valence-corrected chi connectivity index (χ0v) is 11.6. The standard InChI is InChI=1S/C18H20/c1-13-5-9-17(10-6-13)15(3)16(4)18-11-7-14(2)8-12-18/h5-12H,1-4H3/b16-15+. The molecule has 2 rings (SSSR count). The van der Waals surface area contributed by atoms with Crippen molar-refractivity contribution < 1.29 is 0 Å². The minimum atomic E-state index is 1.30. The van der Waals surface area contributed by atoms with Crippen LogP contribution in [0.3, 0.4) is 0 Å². The van der Waals surface area contributed by atoms with Crippen LogP contribution in [0.1, 0.15) is 36.1 Å². The van der Waals surface area contributed by atoms with E-state index >= 15 is 0 Å². The van der Waals surface area contributed by atoms with Crippen molar-refractivity contribution in [3.8, 4) is 0 Å². The van der Waals surface area contributed by atoms with Gasteiger partial charge in [-0.15, -0.1) is 0 Å². The van der Waals surface area contributed by atoms with E-state index in [2.05, 4.69) is 76.2 Å². The summed E-state index contributed by atoms with van der Waals surface area (Å²) in [6, 6.07) is 17.5. The fourth-order valence-corrected chi connectivity index (χ4v) is 2.04. The third-order valence-corrected chi connectivity index (χ3v) is 3.53. The molecule has 0 atom stereocenters. The zero-order chi connectivity index (χ0) is 13.1. The van der Waals surface area contributed by atoms with E-state index in [-0.39, 0.29) is 0 Å². The van der Waals surface area contributed by atoms with Gasteiger partial charge in [-0.1, -0.05) is 59.7 Å². The van der Waals surface area contributed by atoms with E-state index < -0.39 is 0 Å². The summed E-state index contributed by atoms with van der Waals surface area (Å²) in [5.41, 5.74) is 7.91. The monoisotopic (exact) mass is 236 g/mol. The van der Waals surface area contributed by atoms with Crippen LogP contribution in [0.15, 0.2) is 48.5 Å². The van der Waals surface area contributed by atoms with Crippen LogP contribution in [0.25, 0.3) is 11.1 Å². The SMILES string of the molecule is C/C(=C(/C)c1ccc(C)cc1)c1ccc(C)cc1. The molecule has 0 aliphatic heterocycles. The highest BCUT2D eigenvalue weighted by Crippen LogP contribution is 2.25. The molecule has 2 aromatic rings. The van der Waals surface area contributed by atoms with Crippen LogP contribution in [0.4, 0.5) is 0 Å². The van der Waals surface area contributed by atoms with Crippen LogP contribution >= 0.6 is 0 Å². The number of aryl methyl sites for hydroxylation is 2. The third kappa shape index (κ3) is 2.70. The maximum Gasteiger partial charge on any atom is -0.0224 e. The predicted molar refractivity (Wildman–Crippen MR) is 80.5 cm³/mol. The van der Waals surface area contributed by atoms with E-state index in [1.807, 2.05) is 0 Å². The Balaban J connectivity index is 2.40. The molecule has 0 nitrogen and oxygen atoms in total. The first-order valence-electron chi connectivity index (χ1n) is 6.39. The summed E-state index contributed by atoms with van der Waals surface area (Å²) in [6.45, 7) is 8.63. The van der Waals surface area contributed by atoms with Crippen LogP contribution in [-0.4, -0.2) is 0 Å². The summed E-state index contributed by atoms with van der Waals surface area (Å²) in [5.74, 6) is 0. The van der Waals surface area contributed by atoms with Crippen molar-refractivity contribution in [1.29, 1.82) is 0 Å². The lowest BCUT2D eigenvalue weighted by Gasteiger charge is -2.09. The summed E-state index contributed by atoms with van der Waals surface area (Å²) in [6.07, 6.45) is 0. The Morgan fingerprint density at radius 2 is 0.833 bits per heavy atom. The Morgan fingerprint density at radius 3 is 1.11 bits per heavy atom. The zero-order valence-electron chi connectivity index (χ0n) is 11.6. The van der Waals surface area contributed by atoms with Gasteiger partial charge in [0.15, 0.2) is 0 Å². The van der Waals surface area contributed by atoms with Gasteiger partial charge in [-0.2, -0.15) is 0 Å². The van der Waals surface area contributed by atoms with Crippen molar-refractivity contribution in [2.45, 2.75) is 27.7 Å². The normalized spacial score (nSPS) is 12.2. The number of hydrogen-bond donors (Lipinski definition) is 0. The van der Waals surface area contributed by atoms with Crippen molar-refractivity contribution in [3.05, 3.63) is 70.8 Å². The molecule has 0 unspecified atom stereocenters. The Kier molecular flexibility index (Phi) is 3.66. The molecule has 0 spiro atoms. The van der Waals surface area contributed by atoms with Gasteiger partial charge < -0.3 is 0 Å². The first-order valence-corrected chi connectivity index (χ1v) is 6.39. The first kappa shape index (κ1) is 12.6. The minimum Gasteiger partial charge on any atom is -0.0587 e. The van der Waals surface area contributed by atoms with Gasteiger partial charge >= 0.3 is 0 Å². The van der Waals surface area contributed by atoms with Crippen LogP contribution in [0.5, 0.6) is 0 Å². The Morgan fingerprint density at radius 1 is 0.556 bits per heavy atom. The highest BCUT2D eigenvalue weighted by atomic mass is 14.1. The topological polar surface area (TPSA) is 0 Å². The second-order valence-electron chi connectivity index (χ2n) is 4.98. The molecular weight excluding hydrogens is 216 g/mol. The molecule has 0 N–H and O–H groups in total. The second kappa shape index (κ2) is 5.22. The van der Waals surface area contributed by atoms with Gasteiger partial charge in [0.05, 0.1) is 0 Å². The fraction of sp³-hybridized carbons (Fsp3) is 0.222. The van der Waals surface area contributed by atoms with E-state index in [0.717, 1.165) is 0 Å². The maximum absolute atomic E-state index is 2.20. The quantitative estimate of drug-likeness (QED) is 0.624. The van der Waals surface area contributed by atoms with Gasteiger partial charge in [0, 0.05) is 0 Å². The molecule has 18 heavy (non-hydrogen) atoms. The van der Waals surface area contributed by atoms with Gasteiger partial charge in [-0.3, -0.25) is 0 Å². The molecule has 0 heterocycles. The van der Waals surface area contributed by atoms with Gasteiger partial charge in [-0.25, -0.2) is 0 Å². The lowest BCUT2D eigenvalue weighted by Crippen LogP contribution is -1.87. The highest BCUT2D eigenvalue weighted by Gasteiger charge is 2.02. The average Bonchev–Trinajstić information content (AvgIpc) is 2.39. The van der Waals surface area contributed by atoms with Crippen molar-refractivity contribution >= 4 is 11.1 Å². The molecule has 0 heteroatoms. The molecule has 0 aliphatic rings. The van der Waals surface area contributed by atoms with E-state index in [1.165, 1.54) is 33.4 Å². The first-order chi connectivity index (χ1) is 8.58. The number of hydrogen-bond acceptors (Lipinski definition) is 0. The summed E-state index contributed by atoms with van der Waals surface area (Å²) in [4.78, 5) is 0. The van der Waals surface area contributed by atoms with Crippen LogP contribution in [0, 0.1) is 13.8 Å². The largest absolute Gasteiger partial charge is 0.0587 e. The molecule has 2 aromatic carbocycles. The molecule has 0 amide bonds. The lowest BCUT2D eigenvalue weighted by molar-refractivity contribution is 1.42. The van der Waals surface area contributed by atoms with Crippen LogP contribution < -0.4 is 0 Å². The van der Waals surface area contributed by atoms with E-state index in [9.17, 15) is 0 Å².